The lowest BCUT2D eigenvalue weighted by atomic mass is 10.0. The van der Waals surface area contributed by atoms with Crippen molar-refractivity contribution in [1.29, 1.82) is 0 Å². The highest BCUT2D eigenvalue weighted by Gasteiger charge is 2.34. The smallest absolute Gasteiger partial charge is 0.0430 e. The molecule has 0 aromatic rings. The average Bonchev–Trinajstić information content (AvgIpc) is 2.32. The van der Waals surface area contributed by atoms with Crippen molar-refractivity contribution in [2.24, 2.45) is 0 Å². The SMILES string of the molecule is C=C(C)[C@@H]1NC[C@H]2CC[C@@H]1N2. The molecule has 2 heterocycles. The van der Waals surface area contributed by atoms with Crippen LogP contribution in [0.4, 0.5) is 0 Å². The van der Waals surface area contributed by atoms with Crippen LogP contribution in [0.5, 0.6) is 0 Å². The second-order valence-corrected chi connectivity index (χ2v) is 3.78. The number of nitrogens with one attached hydrogen (secondary N) is 2. The molecule has 62 valence electrons. The van der Waals surface area contributed by atoms with Crippen LogP contribution in [0.2, 0.25) is 0 Å². The molecule has 0 aromatic carbocycles. The summed E-state index contributed by atoms with van der Waals surface area (Å²) in [7, 11) is 0. The van der Waals surface area contributed by atoms with E-state index in [1.54, 1.807) is 0 Å². The van der Waals surface area contributed by atoms with Gasteiger partial charge in [0.25, 0.3) is 0 Å². The summed E-state index contributed by atoms with van der Waals surface area (Å²) >= 11 is 0. The Morgan fingerprint density at radius 2 is 2.27 bits per heavy atom. The molecule has 0 aliphatic carbocycles. The highest BCUT2D eigenvalue weighted by molar-refractivity contribution is 5.12. The van der Waals surface area contributed by atoms with Gasteiger partial charge in [-0.05, 0) is 19.8 Å². The second-order valence-electron chi connectivity index (χ2n) is 3.78. The van der Waals surface area contributed by atoms with E-state index in [1.807, 2.05) is 0 Å². The van der Waals surface area contributed by atoms with Crippen LogP contribution >= 0.6 is 0 Å². The summed E-state index contributed by atoms with van der Waals surface area (Å²) in [5.74, 6) is 0. The first-order valence-corrected chi connectivity index (χ1v) is 4.42. The largest absolute Gasteiger partial charge is 0.308 e. The fraction of sp³-hybridized carbons (Fsp3) is 0.778. The molecule has 0 radical (unpaired) electrons. The Morgan fingerprint density at radius 1 is 1.45 bits per heavy atom. The number of piperazine rings is 1. The lowest BCUT2D eigenvalue weighted by Crippen LogP contribution is -2.56. The fourth-order valence-corrected chi connectivity index (χ4v) is 2.20. The molecule has 2 saturated heterocycles. The zero-order chi connectivity index (χ0) is 7.84. The first kappa shape index (κ1) is 7.32. The molecule has 0 amide bonds. The molecule has 2 rings (SSSR count). The van der Waals surface area contributed by atoms with Crippen molar-refractivity contribution in [2.45, 2.75) is 37.9 Å². The Labute approximate surface area is 68.1 Å². The molecule has 2 aliphatic rings. The van der Waals surface area contributed by atoms with E-state index in [-0.39, 0.29) is 0 Å². The molecule has 0 aromatic heterocycles. The standard InChI is InChI=1S/C9H16N2/c1-6(2)9-8-4-3-7(11-8)5-10-9/h7-11H,1,3-5H2,2H3/t7-,8+,9+/m1/s1. The van der Waals surface area contributed by atoms with Crippen LogP contribution in [-0.2, 0) is 0 Å². The van der Waals surface area contributed by atoms with Crippen molar-refractivity contribution in [3.8, 4) is 0 Å². The monoisotopic (exact) mass is 152 g/mol. The molecule has 2 aliphatic heterocycles. The summed E-state index contributed by atoms with van der Waals surface area (Å²) in [6.45, 7) is 7.22. The Balaban J connectivity index is 2.07. The summed E-state index contributed by atoms with van der Waals surface area (Å²) in [5.41, 5.74) is 1.27. The molecule has 11 heavy (non-hydrogen) atoms. The van der Waals surface area contributed by atoms with Crippen LogP contribution in [0.25, 0.3) is 0 Å². The van der Waals surface area contributed by atoms with Gasteiger partial charge in [0, 0.05) is 24.7 Å². The van der Waals surface area contributed by atoms with Gasteiger partial charge in [0.15, 0.2) is 0 Å². The van der Waals surface area contributed by atoms with E-state index in [1.165, 1.54) is 18.4 Å². The predicted molar refractivity (Wildman–Crippen MR) is 46.6 cm³/mol. The Bertz CT molecular complexity index is 176. The summed E-state index contributed by atoms with van der Waals surface area (Å²) in [6, 6.07) is 1.91. The van der Waals surface area contributed by atoms with Gasteiger partial charge in [0.05, 0.1) is 0 Å². The van der Waals surface area contributed by atoms with Gasteiger partial charge < -0.3 is 10.6 Å². The maximum Gasteiger partial charge on any atom is 0.0430 e. The van der Waals surface area contributed by atoms with Crippen molar-refractivity contribution in [3.05, 3.63) is 12.2 Å². The molecule has 2 nitrogen and oxygen atoms in total. The Kier molecular flexibility index (Phi) is 1.74. The van der Waals surface area contributed by atoms with Crippen LogP contribution in [-0.4, -0.2) is 24.7 Å². The third-order valence-corrected chi connectivity index (χ3v) is 2.79. The highest BCUT2D eigenvalue weighted by Crippen LogP contribution is 2.22. The van der Waals surface area contributed by atoms with Crippen LogP contribution in [0.1, 0.15) is 19.8 Å². The molecular weight excluding hydrogens is 136 g/mol. The second kappa shape index (κ2) is 2.61. The molecular formula is C9H16N2. The number of fused-ring (bicyclic) bond motifs is 2. The number of hydrogen-bond donors (Lipinski definition) is 2. The van der Waals surface area contributed by atoms with E-state index in [2.05, 4.69) is 24.1 Å². The van der Waals surface area contributed by atoms with Gasteiger partial charge >= 0.3 is 0 Å². The minimum absolute atomic E-state index is 0.522. The first-order chi connectivity index (χ1) is 5.27. The highest BCUT2D eigenvalue weighted by atomic mass is 15.1. The van der Waals surface area contributed by atoms with E-state index >= 15 is 0 Å². The van der Waals surface area contributed by atoms with E-state index in [4.69, 9.17) is 0 Å². The third-order valence-electron chi connectivity index (χ3n) is 2.79. The lowest BCUT2D eigenvalue weighted by molar-refractivity contribution is 0.361. The molecule has 0 saturated carbocycles. The maximum atomic E-state index is 3.99. The van der Waals surface area contributed by atoms with Crippen LogP contribution < -0.4 is 10.6 Å². The van der Waals surface area contributed by atoms with Crippen LogP contribution in [0, 0.1) is 0 Å². The minimum Gasteiger partial charge on any atom is -0.308 e. The van der Waals surface area contributed by atoms with Gasteiger partial charge in [-0.3, -0.25) is 0 Å². The average molecular weight is 152 g/mol. The number of rotatable bonds is 1. The van der Waals surface area contributed by atoms with Crippen molar-refractivity contribution in [2.75, 3.05) is 6.54 Å². The van der Waals surface area contributed by atoms with Crippen LogP contribution in [0.3, 0.4) is 0 Å². The Morgan fingerprint density at radius 3 is 3.00 bits per heavy atom. The summed E-state index contributed by atoms with van der Waals surface area (Å²) < 4.78 is 0. The van der Waals surface area contributed by atoms with Crippen molar-refractivity contribution in [1.82, 2.24) is 10.6 Å². The van der Waals surface area contributed by atoms with E-state index in [9.17, 15) is 0 Å². The fourth-order valence-electron chi connectivity index (χ4n) is 2.20. The van der Waals surface area contributed by atoms with Crippen molar-refractivity contribution in [3.63, 3.8) is 0 Å². The molecule has 3 atom stereocenters. The lowest BCUT2D eigenvalue weighted by Gasteiger charge is -2.31. The molecule has 0 spiro atoms. The molecule has 2 fully saturated rings. The first-order valence-electron chi connectivity index (χ1n) is 4.42. The van der Waals surface area contributed by atoms with Crippen LogP contribution in [0.15, 0.2) is 12.2 Å². The predicted octanol–water partition coefficient (Wildman–Crippen LogP) is 0.655. The normalized spacial score (nSPS) is 42.5. The van der Waals surface area contributed by atoms with Gasteiger partial charge in [-0.1, -0.05) is 12.2 Å². The quantitative estimate of drug-likeness (QED) is 0.539. The Hall–Kier alpha value is -0.340. The van der Waals surface area contributed by atoms with Gasteiger partial charge in [0.2, 0.25) is 0 Å². The van der Waals surface area contributed by atoms with Gasteiger partial charge in [-0.25, -0.2) is 0 Å². The third kappa shape index (κ3) is 1.21. The molecule has 0 unspecified atom stereocenters. The molecule has 2 N–H and O–H groups in total. The number of hydrogen-bond acceptors (Lipinski definition) is 2. The summed E-state index contributed by atoms with van der Waals surface area (Å²) in [5, 5.41) is 7.12. The van der Waals surface area contributed by atoms with E-state index in [0.29, 0.717) is 12.1 Å². The molecule has 2 bridgehead atoms. The van der Waals surface area contributed by atoms with Crippen molar-refractivity contribution >= 4 is 0 Å². The van der Waals surface area contributed by atoms with Crippen molar-refractivity contribution < 1.29 is 0 Å². The maximum absolute atomic E-state index is 3.99. The minimum atomic E-state index is 0.522. The topological polar surface area (TPSA) is 24.1 Å². The van der Waals surface area contributed by atoms with E-state index < -0.39 is 0 Å². The van der Waals surface area contributed by atoms with Gasteiger partial charge in [-0.2, -0.15) is 0 Å². The molecule has 2 heteroatoms. The van der Waals surface area contributed by atoms with Gasteiger partial charge in [0.1, 0.15) is 0 Å². The zero-order valence-corrected chi connectivity index (χ0v) is 7.06. The van der Waals surface area contributed by atoms with E-state index in [0.717, 1.165) is 12.6 Å². The zero-order valence-electron chi connectivity index (χ0n) is 7.06. The van der Waals surface area contributed by atoms with Gasteiger partial charge in [-0.15, -0.1) is 0 Å². The summed E-state index contributed by atoms with van der Waals surface area (Å²) in [4.78, 5) is 0. The summed E-state index contributed by atoms with van der Waals surface area (Å²) in [6.07, 6.45) is 2.65.